The Balaban J connectivity index is 1.51. The highest BCUT2D eigenvalue weighted by Crippen LogP contribution is 2.45. The topological polar surface area (TPSA) is 32.7 Å². The SMILES string of the molecule is OC1(c2ccc(OC(F)(F)F)cc2)CC2CCCC(C1)N2Cc1ccccc1. The fourth-order valence-electron chi connectivity index (χ4n) is 4.78. The second kappa shape index (κ2) is 7.41. The van der Waals surface area contributed by atoms with Gasteiger partial charge in [0.1, 0.15) is 5.75 Å². The molecule has 2 saturated heterocycles. The predicted octanol–water partition coefficient (Wildman–Crippen LogP) is 4.99. The summed E-state index contributed by atoms with van der Waals surface area (Å²) in [5, 5.41) is 11.4. The summed E-state index contributed by atoms with van der Waals surface area (Å²) in [5.41, 5.74) is 0.913. The van der Waals surface area contributed by atoms with Crippen molar-refractivity contribution in [2.75, 3.05) is 0 Å². The van der Waals surface area contributed by atoms with Crippen molar-refractivity contribution in [3.05, 3.63) is 65.7 Å². The predicted molar refractivity (Wildman–Crippen MR) is 99.7 cm³/mol. The van der Waals surface area contributed by atoms with Crippen LogP contribution in [0.5, 0.6) is 5.75 Å². The summed E-state index contributed by atoms with van der Waals surface area (Å²) < 4.78 is 41.1. The second-order valence-electron chi connectivity index (χ2n) is 7.91. The van der Waals surface area contributed by atoms with Gasteiger partial charge in [-0.05, 0) is 48.9 Å². The summed E-state index contributed by atoms with van der Waals surface area (Å²) >= 11 is 0. The number of aliphatic hydroxyl groups is 1. The molecule has 0 saturated carbocycles. The Morgan fingerprint density at radius 2 is 1.57 bits per heavy atom. The summed E-state index contributed by atoms with van der Waals surface area (Å²) in [6.45, 7) is 0.866. The highest BCUT2D eigenvalue weighted by Gasteiger charge is 2.46. The average Bonchev–Trinajstić information content (AvgIpc) is 2.63. The molecular formula is C22H24F3NO2. The minimum Gasteiger partial charge on any atom is -0.406 e. The van der Waals surface area contributed by atoms with E-state index in [1.165, 1.54) is 17.7 Å². The van der Waals surface area contributed by atoms with E-state index >= 15 is 0 Å². The van der Waals surface area contributed by atoms with Crippen molar-refractivity contribution in [1.29, 1.82) is 0 Å². The Morgan fingerprint density at radius 1 is 0.964 bits per heavy atom. The van der Waals surface area contributed by atoms with E-state index in [1.54, 1.807) is 12.1 Å². The molecule has 28 heavy (non-hydrogen) atoms. The van der Waals surface area contributed by atoms with Gasteiger partial charge >= 0.3 is 6.36 Å². The minimum absolute atomic E-state index is 0.262. The number of benzene rings is 2. The molecule has 2 aliphatic rings. The van der Waals surface area contributed by atoms with Gasteiger partial charge in [0.25, 0.3) is 0 Å². The van der Waals surface area contributed by atoms with Crippen molar-refractivity contribution in [3.63, 3.8) is 0 Å². The van der Waals surface area contributed by atoms with E-state index in [-0.39, 0.29) is 17.8 Å². The fourth-order valence-corrected chi connectivity index (χ4v) is 4.78. The number of hydrogen-bond donors (Lipinski definition) is 1. The van der Waals surface area contributed by atoms with Crippen LogP contribution >= 0.6 is 0 Å². The molecule has 2 heterocycles. The molecule has 4 rings (SSSR count). The van der Waals surface area contributed by atoms with Crippen molar-refractivity contribution in [2.45, 2.75) is 62.7 Å². The molecule has 2 aliphatic heterocycles. The Labute approximate surface area is 162 Å². The van der Waals surface area contributed by atoms with Crippen LogP contribution in [0.25, 0.3) is 0 Å². The van der Waals surface area contributed by atoms with Gasteiger partial charge in [0, 0.05) is 18.6 Å². The van der Waals surface area contributed by atoms with Crippen molar-refractivity contribution in [2.24, 2.45) is 0 Å². The molecule has 150 valence electrons. The van der Waals surface area contributed by atoms with Crippen molar-refractivity contribution in [3.8, 4) is 5.75 Å². The van der Waals surface area contributed by atoms with Crippen LogP contribution in [0.15, 0.2) is 54.6 Å². The Morgan fingerprint density at radius 3 is 2.14 bits per heavy atom. The van der Waals surface area contributed by atoms with E-state index in [0.29, 0.717) is 18.4 Å². The molecule has 2 aromatic carbocycles. The van der Waals surface area contributed by atoms with Crippen LogP contribution in [-0.2, 0) is 12.1 Å². The maximum absolute atomic E-state index is 12.4. The maximum atomic E-state index is 12.4. The summed E-state index contributed by atoms with van der Waals surface area (Å²) in [4.78, 5) is 2.49. The Hall–Kier alpha value is -2.05. The molecule has 1 N–H and O–H groups in total. The number of piperidine rings is 2. The van der Waals surface area contributed by atoms with Gasteiger partial charge in [-0.15, -0.1) is 13.2 Å². The highest BCUT2D eigenvalue weighted by molar-refractivity contribution is 5.32. The first kappa shape index (κ1) is 19.3. The number of fused-ring (bicyclic) bond motifs is 2. The first-order valence-electron chi connectivity index (χ1n) is 9.71. The molecule has 2 atom stereocenters. The first-order valence-corrected chi connectivity index (χ1v) is 9.71. The molecule has 2 fully saturated rings. The summed E-state index contributed by atoms with van der Waals surface area (Å²) in [6, 6.07) is 16.5. The van der Waals surface area contributed by atoms with Crippen molar-refractivity contribution < 1.29 is 23.0 Å². The number of nitrogens with zero attached hydrogens (tertiary/aromatic N) is 1. The van der Waals surface area contributed by atoms with E-state index < -0.39 is 12.0 Å². The van der Waals surface area contributed by atoms with Gasteiger partial charge in [-0.2, -0.15) is 0 Å². The molecule has 0 amide bonds. The maximum Gasteiger partial charge on any atom is 0.573 e. The van der Waals surface area contributed by atoms with Crippen LogP contribution in [0.2, 0.25) is 0 Å². The number of halogens is 3. The van der Waals surface area contributed by atoms with Crippen LogP contribution in [0, 0.1) is 0 Å². The van der Waals surface area contributed by atoms with Gasteiger partial charge in [-0.3, -0.25) is 4.90 Å². The van der Waals surface area contributed by atoms with Crippen LogP contribution in [-0.4, -0.2) is 28.5 Å². The normalized spacial score (nSPS) is 28.1. The molecule has 3 nitrogen and oxygen atoms in total. The number of alkyl halides is 3. The molecule has 2 bridgehead atoms. The zero-order valence-corrected chi connectivity index (χ0v) is 15.5. The average molecular weight is 391 g/mol. The minimum atomic E-state index is -4.71. The van der Waals surface area contributed by atoms with Gasteiger partial charge in [-0.1, -0.05) is 48.9 Å². The lowest BCUT2D eigenvalue weighted by Gasteiger charge is -2.52. The molecule has 2 unspecified atom stereocenters. The fraction of sp³-hybridized carbons (Fsp3) is 0.455. The zero-order chi connectivity index (χ0) is 19.8. The van der Waals surface area contributed by atoms with E-state index in [9.17, 15) is 18.3 Å². The smallest absolute Gasteiger partial charge is 0.406 e. The zero-order valence-electron chi connectivity index (χ0n) is 15.5. The molecule has 2 aromatic rings. The van der Waals surface area contributed by atoms with Crippen LogP contribution in [0.3, 0.4) is 0 Å². The molecule has 6 heteroatoms. The second-order valence-corrected chi connectivity index (χ2v) is 7.91. The number of hydrogen-bond acceptors (Lipinski definition) is 3. The molecule has 0 radical (unpaired) electrons. The third-order valence-electron chi connectivity index (χ3n) is 5.99. The lowest BCUT2D eigenvalue weighted by atomic mass is 9.72. The van der Waals surface area contributed by atoms with E-state index in [4.69, 9.17) is 0 Å². The quantitative estimate of drug-likeness (QED) is 0.797. The largest absolute Gasteiger partial charge is 0.573 e. The van der Waals surface area contributed by atoms with Crippen molar-refractivity contribution in [1.82, 2.24) is 4.90 Å². The van der Waals surface area contributed by atoms with Gasteiger partial charge in [0.15, 0.2) is 0 Å². The third kappa shape index (κ3) is 4.18. The molecular weight excluding hydrogens is 367 g/mol. The van der Waals surface area contributed by atoms with Crippen LogP contribution in [0.4, 0.5) is 13.2 Å². The summed E-state index contributed by atoms with van der Waals surface area (Å²) in [7, 11) is 0. The lowest BCUT2D eigenvalue weighted by molar-refractivity contribution is -0.274. The summed E-state index contributed by atoms with van der Waals surface area (Å²) in [6.07, 6.45) is -0.319. The third-order valence-corrected chi connectivity index (χ3v) is 5.99. The van der Waals surface area contributed by atoms with Gasteiger partial charge < -0.3 is 9.84 Å². The Bertz CT molecular complexity index is 778. The van der Waals surface area contributed by atoms with Crippen molar-refractivity contribution >= 4 is 0 Å². The number of ether oxygens (including phenoxy) is 1. The van der Waals surface area contributed by atoms with Gasteiger partial charge in [0.2, 0.25) is 0 Å². The summed E-state index contributed by atoms with van der Waals surface area (Å²) in [5.74, 6) is -0.262. The number of rotatable bonds is 4. The van der Waals surface area contributed by atoms with Crippen LogP contribution < -0.4 is 4.74 Å². The van der Waals surface area contributed by atoms with Gasteiger partial charge in [0.05, 0.1) is 5.60 Å². The standard InChI is InChI=1S/C22H24F3NO2/c23-22(24,25)28-20-11-9-17(10-12-20)21(27)13-18-7-4-8-19(14-21)26(18)15-16-5-2-1-3-6-16/h1-3,5-6,9-12,18-19,27H,4,7-8,13-15H2. The molecule has 0 spiro atoms. The van der Waals surface area contributed by atoms with E-state index in [1.807, 2.05) is 18.2 Å². The van der Waals surface area contributed by atoms with Crippen LogP contribution in [0.1, 0.15) is 43.2 Å². The van der Waals surface area contributed by atoms with E-state index in [0.717, 1.165) is 25.8 Å². The molecule has 0 aromatic heterocycles. The van der Waals surface area contributed by atoms with Gasteiger partial charge in [-0.25, -0.2) is 0 Å². The monoisotopic (exact) mass is 391 g/mol. The first-order chi connectivity index (χ1) is 13.3. The lowest BCUT2D eigenvalue weighted by Crippen LogP contribution is -2.56. The van der Waals surface area contributed by atoms with E-state index in [2.05, 4.69) is 21.8 Å². The highest BCUT2D eigenvalue weighted by atomic mass is 19.4. The Kier molecular flexibility index (Phi) is 5.10. The molecule has 0 aliphatic carbocycles.